The smallest absolute Gasteiger partial charge is 0.185 e. The number of nitrogens with two attached hydrogens (primary N) is 1. The van der Waals surface area contributed by atoms with E-state index in [-0.39, 0.29) is 11.2 Å². The number of rotatable bonds is 5. The van der Waals surface area contributed by atoms with E-state index in [0.717, 1.165) is 42.1 Å². The highest BCUT2D eigenvalue weighted by atomic mass is 32.1. The zero-order chi connectivity index (χ0) is 15.3. The minimum absolute atomic E-state index is 0.134. The number of hydrogen-bond donors (Lipinski definition) is 2. The number of hydrogen-bond acceptors (Lipinski definition) is 5. The van der Waals surface area contributed by atoms with Crippen molar-refractivity contribution in [1.82, 2.24) is 4.98 Å². The minimum Gasteiger partial charge on any atom is -0.382 e. The molecule has 0 saturated heterocycles. The molecule has 4 bridgehead atoms. The predicted octanol–water partition coefficient (Wildman–Crippen LogP) is 3.72. The van der Waals surface area contributed by atoms with Crippen LogP contribution in [0, 0.1) is 23.2 Å². The average molecular weight is 317 g/mol. The first kappa shape index (κ1) is 14.2. The van der Waals surface area contributed by atoms with Gasteiger partial charge in [0.25, 0.3) is 0 Å². The standard InChI is InChI=1S/C17H23N3OS/c1-2-3-19-16-20-15(18)13(22-16)14(21)17-7-10-4-11(8-17)6-12(5-10)9-17/h2,10-12H,1,3-9,18H2,(H,19,20). The van der Waals surface area contributed by atoms with Crippen molar-refractivity contribution in [3.8, 4) is 0 Å². The number of aromatic nitrogens is 1. The Hall–Kier alpha value is -1.36. The summed E-state index contributed by atoms with van der Waals surface area (Å²) in [5.74, 6) is 2.97. The molecule has 118 valence electrons. The highest BCUT2D eigenvalue weighted by molar-refractivity contribution is 7.18. The molecule has 1 heterocycles. The van der Waals surface area contributed by atoms with Crippen molar-refractivity contribution in [3.05, 3.63) is 17.5 Å². The second kappa shape index (κ2) is 5.08. The highest BCUT2D eigenvalue weighted by Gasteiger charge is 2.55. The molecule has 0 amide bonds. The molecule has 5 heteroatoms. The maximum absolute atomic E-state index is 13.2. The maximum atomic E-state index is 13.2. The minimum atomic E-state index is -0.134. The Morgan fingerprint density at radius 2 is 1.91 bits per heavy atom. The van der Waals surface area contributed by atoms with E-state index in [0.29, 0.717) is 17.2 Å². The SMILES string of the molecule is C=CCNc1nc(N)c(C(=O)C23CC4CC(CC(C4)C2)C3)s1. The number of Topliss-reactive ketones (excluding diaryl/α,β-unsaturated/α-hetero) is 1. The number of nitrogen functional groups attached to an aromatic ring is 1. The Morgan fingerprint density at radius 3 is 2.45 bits per heavy atom. The molecule has 5 rings (SSSR count). The van der Waals surface area contributed by atoms with Crippen LogP contribution < -0.4 is 11.1 Å². The van der Waals surface area contributed by atoms with Gasteiger partial charge in [-0.15, -0.1) is 6.58 Å². The van der Waals surface area contributed by atoms with E-state index in [9.17, 15) is 4.79 Å². The van der Waals surface area contributed by atoms with E-state index in [1.54, 1.807) is 6.08 Å². The highest BCUT2D eigenvalue weighted by Crippen LogP contribution is 2.61. The van der Waals surface area contributed by atoms with Gasteiger partial charge in [-0.2, -0.15) is 0 Å². The summed E-state index contributed by atoms with van der Waals surface area (Å²) in [6.45, 7) is 4.32. The topological polar surface area (TPSA) is 68.0 Å². The van der Waals surface area contributed by atoms with Gasteiger partial charge in [0.1, 0.15) is 10.7 Å². The van der Waals surface area contributed by atoms with E-state index < -0.39 is 0 Å². The van der Waals surface area contributed by atoms with Crippen molar-refractivity contribution < 1.29 is 4.79 Å². The van der Waals surface area contributed by atoms with Crippen molar-refractivity contribution in [2.24, 2.45) is 23.2 Å². The summed E-state index contributed by atoms with van der Waals surface area (Å²) in [4.78, 5) is 18.2. The lowest BCUT2D eigenvalue weighted by molar-refractivity contribution is -0.0350. The molecule has 1 aromatic heterocycles. The van der Waals surface area contributed by atoms with Gasteiger partial charge in [-0.25, -0.2) is 4.98 Å². The lowest BCUT2D eigenvalue weighted by Crippen LogP contribution is -2.49. The molecule has 4 saturated carbocycles. The molecule has 0 radical (unpaired) electrons. The summed E-state index contributed by atoms with van der Waals surface area (Å²) in [5, 5.41) is 3.87. The van der Waals surface area contributed by atoms with Gasteiger partial charge in [0, 0.05) is 12.0 Å². The average Bonchev–Trinajstić information content (AvgIpc) is 2.84. The van der Waals surface area contributed by atoms with Gasteiger partial charge in [-0.3, -0.25) is 4.79 Å². The zero-order valence-electron chi connectivity index (χ0n) is 12.8. The molecule has 0 spiro atoms. The lowest BCUT2D eigenvalue weighted by atomic mass is 9.48. The van der Waals surface area contributed by atoms with Crippen LogP contribution in [0.1, 0.15) is 48.2 Å². The molecule has 1 aromatic rings. The van der Waals surface area contributed by atoms with Crippen LogP contribution in [0.3, 0.4) is 0 Å². The second-order valence-electron chi connectivity index (χ2n) is 7.43. The van der Waals surface area contributed by atoms with Crippen molar-refractivity contribution in [1.29, 1.82) is 0 Å². The van der Waals surface area contributed by atoms with Crippen molar-refractivity contribution in [3.63, 3.8) is 0 Å². The summed E-state index contributed by atoms with van der Waals surface area (Å²) < 4.78 is 0. The van der Waals surface area contributed by atoms with Crippen LogP contribution in [0.5, 0.6) is 0 Å². The fourth-order valence-corrected chi connectivity index (χ4v) is 6.31. The number of nitrogens with zero attached hydrogens (tertiary/aromatic N) is 1. The quantitative estimate of drug-likeness (QED) is 0.641. The first-order chi connectivity index (χ1) is 10.6. The van der Waals surface area contributed by atoms with Crippen LogP contribution in [0.15, 0.2) is 12.7 Å². The van der Waals surface area contributed by atoms with E-state index in [4.69, 9.17) is 5.73 Å². The number of carbonyl (C=O) groups excluding carboxylic acids is 1. The van der Waals surface area contributed by atoms with Gasteiger partial charge >= 0.3 is 0 Å². The van der Waals surface area contributed by atoms with Crippen molar-refractivity contribution in [2.45, 2.75) is 38.5 Å². The van der Waals surface area contributed by atoms with E-state index in [1.165, 1.54) is 30.6 Å². The van der Waals surface area contributed by atoms with Crippen LogP contribution in [0.4, 0.5) is 10.9 Å². The predicted molar refractivity (Wildman–Crippen MR) is 90.1 cm³/mol. The first-order valence-corrected chi connectivity index (χ1v) is 9.07. The maximum Gasteiger partial charge on any atom is 0.185 e. The molecule has 0 atom stereocenters. The van der Waals surface area contributed by atoms with Gasteiger partial charge in [0.2, 0.25) is 0 Å². The van der Waals surface area contributed by atoms with Gasteiger partial charge in [0.05, 0.1) is 0 Å². The first-order valence-electron chi connectivity index (χ1n) is 8.25. The fourth-order valence-electron chi connectivity index (χ4n) is 5.36. The number of anilines is 2. The Bertz CT molecular complexity index is 586. The zero-order valence-corrected chi connectivity index (χ0v) is 13.6. The van der Waals surface area contributed by atoms with Crippen molar-refractivity contribution in [2.75, 3.05) is 17.6 Å². The van der Waals surface area contributed by atoms with Crippen LogP contribution in [0.2, 0.25) is 0 Å². The summed E-state index contributed by atoms with van der Waals surface area (Å²) in [6.07, 6.45) is 9.03. The summed E-state index contributed by atoms with van der Waals surface area (Å²) in [7, 11) is 0. The van der Waals surface area contributed by atoms with Crippen LogP contribution >= 0.6 is 11.3 Å². The van der Waals surface area contributed by atoms with Gasteiger partial charge in [-0.1, -0.05) is 17.4 Å². The molecule has 22 heavy (non-hydrogen) atoms. The third-order valence-electron chi connectivity index (χ3n) is 5.78. The number of nitrogens with one attached hydrogen (secondary N) is 1. The van der Waals surface area contributed by atoms with E-state index >= 15 is 0 Å². The molecular formula is C17H23N3OS. The molecule has 4 aliphatic carbocycles. The van der Waals surface area contributed by atoms with Gasteiger partial charge in [0.15, 0.2) is 10.9 Å². The summed E-state index contributed by atoms with van der Waals surface area (Å²) in [6, 6.07) is 0. The molecule has 4 aliphatic rings. The van der Waals surface area contributed by atoms with E-state index in [2.05, 4.69) is 16.9 Å². The van der Waals surface area contributed by atoms with Crippen molar-refractivity contribution >= 4 is 28.1 Å². The third kappa shape index (κ3) is 2.18. The van der Waals surface area contributed by atoms with Crippen LogP contribution in [-0.2, 0) is 0 Å². The van der Waals surface area contributed by atoms with Gasteiger partial charge in [-0.05, 0) is 56.3 Å². The number of thiazole rings is 1. The summed E-state index contributed by atoms with van der Waals surface area (Å²) >= 11 is 1.41. The largest absolute Gasteiger partial charge is 0.382 e. The molecule has 0 aliphatic heterocycles. The Kier molecular flexibility index (Phi) is 3.29. The Labute approximate surface area is 135 Å². The molecule has 4 nitrogen and oxygen atoms in total. The Morgan fingerprint density at radius 1 is 1.32 bits per heavy atom. The molecular weight excluding hydrogens is 294 g/mol. The number of carbonyl (C=O) groups is 1. The van der Waals surface area contributed by atoms with Crippen LogP contribution in [0.25, 0.3) is 0 Å². The fraction of sp³-hybridized carbons (Fsp3) is 0.647. The lowest BCUT2D eigenvalue weighted by Gasteiger charge is -2.55. The summed E-state index contributed by atoms with van der Waals surface area (Å²) in [5.41, 5.74) is 5.91. The third-order valence-corrected chi connectivity index (χ3v) is 6.80. The van der Waals surface area contributed by atoms with E-state index in [1.807, 2.05) is 0 Å². The Balaban J connectivity index is 1.61. The molecule has 4 fully saturated rings. The second-order valence-corrected chi connectivity index (χ2v) is 8.43. The number of ketones is 1. The molecule has 3 N–H and O–H groups in total. The van der Waals surface area contributed by atoms with Gasteiger partial charge < -0.3 is 11.1 Å². The van der Waals surface area contributed by atoms with Crippen LogP contribution in [-0.4, -0.2) is 17.3 Å². The normalized spacial score (nSPS) is 35.5. The molecule has 0 aromatic carbocycles. The molecule has 0 unspecified atom stereocenters. The monoisotopic (exact) mass is 317 g/mol.